The van der Waals surface area contributed by atoms with Gasteiger partial charge in [-0.1, -0.05) is 0 Å². The number of nitrogens with zero attached hydrogens (tertiary/aromatic N) is 1. The van der Waals surface area contributed by atoms with Crippen molar-refractivity contribution in [1.29, 1.82) is 0 Å². The monoisotopic (exact) mass is 211 g/mol. The van der Waals surface area contributed by atoms with Gasteiger partial charge in [-0.2, -0.15) is 0 Å². The summed E-state index contributed by atoms with van der Waals surface area (Å²) in [6.07, 6.45) is 3.27. The van der Waals surface area contributed by atoms with E-state index < -0.39 is 0 Å². The van der Waals surface area contributed by atoms with Crippen molar-refractivity contribution < 1.29 is 9.59 Å². The van der Waals surface area contributed by atoms with Crippen LogP contribution in [0.3, 0.4) is 0 Å². The second-order valence-electron chi connectivity index (χ2n) is 4.16. The van der Waals surface area contributed by atoms with E-state index in [1.807, 2.05) is 0 Å². The molecule has 0 aliphatic carbocycles. The summed E-state index contributed by atoms with van der Waals surface area (Å²) >= 11 is 0. The van der Waals surface area contributed by atoms with Gasteiger partial charge in [0, 0.05) is 0 Å². The van der Waals surface area contributed by atoms with Gasteiger partial charge in [0.05, 0.1) is 12.7 Å². The molecule has 0 saturated carbocycles. The van der Waals surface area contributed by atoms with Crippen molar-refractivity contribution in [2.75, 3.05) is 13.1 Å². The molecule has 0 spiro atoms. The first kappa shape index (κ1) is 10.4. The van der Waals surface area contributed by atoms with Gasteiger partial charge in [-0.05, 0) is 32.7 Å². The summed E-state index contributed by atoms with van der Waals surface area (Å²) in [5.74, 6) is -0.0385. The van der Waals surface area contributed by atoms with E-state index in [-0.39, 0.29) is 30.6 Å². The van der Waals surface area contributed by atoms with E-state index in [0.717, 1.165) is 25.8 Å². The summed E-state index contributed by atoms with van der Waals surface area (Å²) in [6, 6.07) is -0.346. The molecular weight excluding hydrogens is 194 g/mol. The van der Waals surface area contributed by atoms with Gasteiger partial charge in [0.2, 0.25) is 11.8 Å². The van der Waals surface area contributed by atoms with Crippen molar-refractivity contribution >= 4 is 11.8 Å². The van der Waals surface area contributed by atoms with Crippen LogP contribution in [0.2, 0.25) is 0 Å². The Morgan fingerprint density at radius 1 is 1.33 bits per heavy atom. The van der Waals surface area contributed by atoms with Crippen LogP contribution in [0.1, 0.15) is 26.2 Å². The number of hydrogen-bond acceptors (Lipinski definition) is 3. The van der Waals surface area contributed by atoms with Crippen molar-refractivity contribution in [2.24, 2.45) is 0 Å². The minimum atomic E-state index is -0.346. The number of rotatable bonds is 1. The molecule has 2 aliphatic heterocycles. The molecule has 84 valence electrons. The molecular formula is C10H17N3O2. The molecule has 0 bridgehead atoms. The number of amides is 2. The first-order chi connectivity index (χ1) is 7.20. The molecule has 2 heterocycles. The Morgan fingerprint density at radius 3 is 2.80 bits per heavy atom. The van der Waals surface area contributed by atoms with E-state index in [1.165, 1.54) is 0 Å². The zero-order chi connectivity index (χ0) is 10.8. The lowest BCUT2D eigenvalue weighted by molar-refractivity contribution is -0.148. The summed E-state index contributed by atoms with van der Waals surface area (Å²) < 4.78 is 0. The van der Waals surface area contributed by atoms with Crippen LogP contribution >= 0.6 is 0 Å². The van der Waals surface area contributed by atoms with Gasteiger partial charge in [0.25, 0.3) is 0 Å². The average molecular weight is 211 g/mol. The second kappa shape index (κ2) is 4.18. The average Bonchev–Trinajstić information content (AvgIpc) is 2.26. The SMILES string of the molecule is CC1C(=O)NCC(=O)N1C1CCCCN1. The van der Waals surface area contributed by atoms with Crippen LogP contribution in [0.4, 0.5) is 0 Å². The van der Waals surface area contributed by atoms with Crippen LogP contribution in [-0.2, 0) is 9.59 Å². The van der Waals surface area contributed by atoms with E-state index in [4.69, 9.17) is 0 Å². The van der Waals surface area contributed by atoms with Gasteiger partial charge >= 0.3 is 0 Å². The van der Waals surface area contributed by atoms with Crippen LogP contribution in [0, 0.1) is 0 Å². The summed E-state index contributed by atoms with van der Waals surface area (Å²) in [4.78, 5) is 24.9. The van der Waals surface area contributed by atoms with Crippen molar-refractivity contribution in [3.8, 4) is 0 Å². The number of hydrogen-bond donors (Lipinski definition) is 2. The smallest absolute Gasteiger partial charge is 0.243 e. The molecule has 2 N–H and O–H groups in total. The number of nitrogens with one attached hydrogen (secondary N) is 2. The molecule has 2 unspecified atom stereocenters. The molecule has 2 rings (SSSR count). The maximum Gasteiger partial charge on any atom is 0.243 e. The standard InChI is InChI=1S/C10H17N3O2/c1-7-10(15)12-6-9(14)13(7)8-4-2-3-5-11-8/h7-8,11H,2-6H2,1H3,(H,12,15). The Balaban J connectivity index is 2.09. The summed E-state index contributed by atoms with van der Waals surface area (Å²) in [5.41, 5.74) is 0. The largest absolute Gasteiger partial charge is 0.345 e. The zero-order valence-corrected chi connectivity index (χ0v) is 8.95. The van der Waals surface area contributed by atoms with Crippen molar-refractivity contribution in [3.05, 3.63) is 0 Å². The maximum atomic E-state index is 11.7. The van der Waals surface area contributed by atoms with E-state index in [9.17, 15) is 9.59 Å². The normalized spacial score (nSPS) is 32.7. The molecule has 0 aromatic heterocycles. The van der Waals surface area contributed by atoms with Gasteiger partial charge in [-0.25, -0.2) is 0 Å². The third kappa shape index (κ3) is 1.97. The molecule has 2 aliphatic rings. The third-order valence-electron chi connectivity index (χ3n) is 3.12. The zero-order valence-electron chi connectivity index (χ0n) is 8.95. The molecule has 0 aromatic rings. The van der Waals surface area contributed by atoms with Gasteiger partial charge in [0.15, 0.2) is 0 Å². The Kier molecular flexibility index (Phi) is 2.90. The van der Waals surface area contributed by atoms with Gasteiger partial charge < -0.3 is 10.2 Å². The molecule has 2 saturated heterocycles. The van der Waals surface area contributed by atoms with Crippen LogP contribution in [0.15, 0.2) is 0 Å². The molecule has 2 atom stereocenters. The Hall–Kier alpha value is -1.10. The van der Waals surface area contributed by atoms with Gasteiger partial charge in [0.1, 0.15) is 6.04 Å². The van der Waals surface area contributed by atoms with E-state index in [1.54, 1.807) is 11.8 Å². The molecule has 2 fully saturated rings. The summed E-state index contributed by atoms with van der Waals surface area (Å²) in [5, 5.41) is 5.89. The van der Waals surface area contributed by atoms with Crippen molar-refractivity contribution in [2.45, 2.75) is 38.4 Å². The van der Waals surface area contributed by atoms with Crippen molar-refractivity contribution in [3.63, 3.8) is 0 Å². The Labute approximate surface area is 89.2 Å². The predicted molar refractivity (Wildman–Crippen MR) is 55.0 cm³/mol. The number of piperidine rings is 1. The third-order valence-corrected chi connectivity index (χ3v) is 3.12. The number of piperazine rings is 1. The highest BCUT2D eigenvalue weighted by molar-refractivity contribution is 5.94. The highest BCUT2D eigenvalue weighted by atomic mass is 16.2. The topological polar surface area (TPSA) is 61.4 Å². The second-order valence-corrected chi connectivity index (χ2v) is 4.16. The molecule has 5 nitrogen and oxygen atoms in total. The Morgan fingerprint density at radius 2 is 2.13 bits per heavy atom. The predicted octanol–water partition coefficient (Wildman–Crippen LogP) is -0.567. The molecule has 5 heteroatoms. The number of carbonyl (C=O) groups excluding carboxylic acids is 2. The lowest BCUT2D eigenvalue weighted by Crippen LogP contribution is -2.64. The fourth-order valence-electron chi connectivity index (χ4n) is 2.26. The lowest BCUT2D eigenvalue weighted by Gasteiger charge is -2.40. The van der Waals surface area contributed by atoms with E-state index >= 15 is 0 Å². The van der Waals surface area contributed by atoms with Crippen LogP contribution < -0.4 is 10.6 Å². The van der Waals surface area contributed by atoms with E-state index in [2.05, 4.69) is 10.6 Å². The highest BCUT2D eigenvalue weighted by Crippen LogP contribution is 2.16. The first-order valence-electron chi connectivity index (χ1n) is 5.52. The Bertz CT molecular complexity index is 274. The number of carbonyl (C=O) groups is 2. The van der Waals surface area contributed by atoms with Gasteiger partial charge in [-0.15, -0.1) is 0 Å². The van der Waals surface area contributed by atoms with E-state index in [0.29, 0.717) is 0 Å². The van der Waals surface area contributed by atoms with Crippen molar-refractivity contribution in [1.82, 2.24) is 15.5 Å². The minimum Gasteiger partial charge on any atom is -0.345 e. The quantitative estimate of drug-likeness (QED) is 0.611. The molecule has 15 heavy (non-hydrogen) atoms. The van der Waals surface area contributed by atoms with Crippen LogP contribution in [0.5, 0.6) is 0 Å². The van der Waals surface area contributed by atoms with Crippen LogP contribution in [0.25, 0.3) is 0 Å². The molecule has 0 radical (unpaired) electrons. The lowest BCUT2D eigenvalue weighted by atomic mass is 10.1. The first-order valence-corrected chi connectivity index (χ1v) is 5.52. The fourth-order valence-corrected chi connectivity index (χ4v) is 2.26. The van der Waals surface area contributed by atoms with Crippen LogP contribution in [-0.4, -0.2) is 42.0 Å². The summed E-state index contributed by atoms with van der Waals surface area (Å²) in [6.45, 7) is 2.85. The highest BCUT2D eigenvalue weighted by Gasteiger charge is 2.36. The minimum absolute atomic E-state index is 0.0153. The molecule has 2 amide bonds. The fraction of sp³-hybridized carbons (Fsp3) is 0.800. The maximum absolute atomic E-state index is 11.7. The summed E-state index contributed by atoms with van der Waals surface area (Å²) in [7, 11) is 0. The molecule has 0 aromatic carbocycles. The van der Waals surface area contributed by atoms with Gasteiger partial charge in [-0.3, -0.25) is 14.9 Å².